The molecule has 6 heteroatoms. The molecule has 0 saturated carbocycles. The predicted octanol–water partition coefficient (Wildman–Crippen LogP) is 1.54. The van der Waals surface area contributed by atoms with Crippen molar-refractivity contribution in [2.45, 2.75) is 25.0 Å². The lowest BCUT2D eigenvalue weighted by Gasteiger charge is -2.28. The monoisotopic (exact) mass is 339 g/mol. The summed E-state index contributed by atoms with van der Waals surface area (Å²) in [5.41, 5.74) is 0.990. The first kappa shape index (κ1) is 17.1. The summed E-state index contributed by atoms with van der Waals surface area (Å²) < 4.78 is 0. The molecule has 0 bridgehead atoms. The number of rotatable bonds is 5. The highest BCUT2D eigenvalue weighted by molar-refractivity contribution is 5.97. The van der Waals surface area contributed by atoms with Crippen LogP contribution in [-0.4, -0.2) is 45.9 Å². The van der Waals surface area contributed by atoms with Crippen molar-refractivity contribution in [1.82, 2.24) is 15.2 Å². The highest BCUT2D eigenvalue weighted by Crippen LogP contribution is 2.20. The number of aliphatic hydroxyl groups is 1. The molecule has 2 atom stereocenters. The van der Waals surface area contributed by atoms with E-state index in [9.17, 15) is 14.7 Å². The Morgan fingerprint density at radius 2 is 1.68 bits per heavy atom. The third kappa shape index (κ3) is 4.03. The predicted molar refractivity (Wildman–Crippen MR) is 92.7 cm³/mol. The van der Waals surface area contributed by atoms with Gasteiger partial charge in [-0.3, -0.25) is 14.6 Å². The fourth-order valence-corrected chi connectivity index (χ4v) is 2.98. The molecule has 1 fully saturated rings. The van der Waals surface area contributed by atoms with Crippen LogP contribution in [0.1, 0.15) is 34.9 Å². The van der Waals surface area contributed by atoms with Crippen LogP contribution in [0.5, 0.6) is 0 Å². The van der Waals surface area contributed by atoms with Crippen molar-refractivity contribution in [3.63, 3.8) is 0 Å². The Bertz CT molecular complexity index is 715. The van der Waals surface area contributed by atoms with Crippen LogP contribution in [0.2, 0.25) is 0 Å². The molecule has 2 aromatic rings. The lowest BCUT2D eigenvalue weighted by molar-refractivity contribution is -0.135. The molecule has 25 heavy (non-hydrogen) atoms. The fourth-order valence-electron chi connectivity index (χ4n) is 2.98. The van der Waals surface area contributed by atoms with Gasteiger partial charge >= 0.3 is 0 Å². The number of aromatic nitrogens is 1. The zero-order chi connectivity index (χ0) is 17.6. The van der Waals surface area contributed by atoms with Crippen LogP contribution >= 0.6 is 0 Å². The van der Waals surface area contributed by atoms with E-state index >= 15 is 0 Å². The Kier molecular flexibility index (Phi) is 5.40. The fraction of sp³-hybridized carbons (Fsp3) is 0.316. The average molecular weight is 339 g/mol. The number of carbonyl (C=O) groups is 2. The summed E-state index contributed by atoms with van der Waals surface area (Å²) in [6, 6.07) is 10.9. The number of carbonyl (C=O) groups excluding carboxylic acids is 2. The zero-order valence-electron chi connectivity index (χ0n) is 13.8. The minimum atomic E-state index is -1.14. The summed E-state index contributed by atoms with van der Waals surface area (Å²) in [5.74, 6) is -0.641. The van der Waals surface area contributed by atoms with Gasteiger partial charge in [-0.15, -0.1) is 0 Å². The second-order valence-electron chi connectivity index (χ2n) is 6.07. The van der Waals surface area contributed by atoms with Crippen LogP contribution in [0.25, 0.3) is 0 Å². The number of pyridine rings is 1. The molecule has 0 radical (unpaired) electrons. The number of hydrogen-bond donors (Lipinski definition) is 2. The van der Waals surface area contributed by atoms with Gasteiger partial charge in [-0.2, -0.15) is 0 Å². The molecule has 1 saturated heterocycles. The van der Waals surface area contributed by atoms with Gasteiger partial charge in [-0.25, -0.2) is 0 Å². The molecular weight excluding hydrogens is 318 g/mol. The van der Waals surface area contributed by atoms with E-state index in [1.54, 1.807) is 53.7 Å². The Hall–Kier alpha value is -2.73. The quantitative estimate of drug-likeness (QED) is 0.866. The molecular formula is C19H21N3O3. The van der Waals surface area contributed by atoms with Crippen molar-refractivity contribution in [2.24, 2.45) is 0 Å². The number of amides is 2. The number of benzene rings is 1. The third-order valence-corrected chi connectivity index (χ3v) is 4.37. The first-order valence-corrected chi connectivity index (χ1v) is 8.39. The smallest absolute Gasteiger partial charge is 0.252 e. The Balaban J connectivity index is 1.83. The first-order valence-electron chi connectivity index (χ1n) is 8.39. The number of nitrogens with one attached hydrogen (secondary N) is 1. The van der Waals surface area contributed by atoms with Crippen LogP contribution in [-0.2, 0) is 4.79 Å². The van der Waals surface area contributed by atoms with E-state index in [0.29, 0.717) is 24.2 Å². The van der Waals surface area contributed by atoms with E-state index in [4.69, 9.17) is 0 Å². The molecule has 3 rings (SSSR count). The Morgan fingerprint density at radius 1 is 1.04 bits per heavy atom. The molecule has 0 aliphatic carbocycles. The lowest BCUT2D eigenvalue weighted by atomic mass is 10.0. The summed E-state index contributed by atoms with van der Waals surface area (Å²) in [4.78, 5) is 31.0. The van der Waals surface area contributed by atoms with E-state index in [0.717, 1.165) is 12.8 Å². The summed E-state index contributed by atoms with van der Waals surface area (Å²) in [6.07, 6.45) is 3.85. The van der Waals surface area contributed by atoms with E-state index < -0.39 is 12.1 Å². The van der Waals surface area contributed by atoms with Gasteiger partial charge < -0.3 is 15.3 Å². The molecule has 2 N–H and O–H groups in total. The topological polar surface area (TPSA) is 82.5 Å². The van der Waals surface area contributed by atoms with Gasteiger partial charge in [0.15, 0.2) is 0 Å². The van der Waals surface area contributed by atoms with Crippen molar-refractivity contribution in [1.29, 1.82) is 0 Å². The normalized spacial score (nSPS) is 16.3. The SMILES string of the molecule is O=C(NC(C(=O)N1CCCC1)C(O)c1ccncc1)c1ccccc1. The summed E-state index contributed by atoms with van der Waals surface area (Å²) in [5, 5.41) is 13.4. The van der Waals surface area contributed by atoms with Crippen LogP contribution in [0.3, 0.4) is 0 Å². The maximum atomic E-state index is 12.9. The molecule has 1 aliphatic rings. The molecule has 1 aromatic carbocycles. The minimum Gasteiger partial charge on any atom is -0.386 e. The highest BCUT2D eigenvalue weighted by Gasteiger charge is 2.34. The second kappa shape index (κ2) is 7.90. The van der Waals surface area contributed by atoms with E-state index in [1.807, 2.05) is 6.07 Å². The molecule has 1 aliphatic heterocycles. The summed E-state index contributed by atoms with van der Waals surface area (Å²) in [7, 11) is 0. The number of likely N-dealkylation sites (tertiary alicyclic amines) is 1. The van der Waals surface area contributed by atoms with Gasteiger partial charge in [0.1, 0.15) is 12.1 Å². The van der Waals surface area contributed by atoms with Crippen molar-refractivity contribution in [3.8, 4) is 0 Å². The van der Waals surface area contributed by atoms with Gasteiger partial charge in [0, 0.05) is 31.0 Å². The van der Waals surface area contributed by atoms with Crippen LogP contribution in [0, 0.1) is 0 Å². The second-order valence-corrected chi connectivity index (χ2v) is 6.07. The lowest BCUT2D eigenvalue weighted by Crippen LogP contribution is -2.51. The van der Waals surface area contributed by atoms with Crippen molar-refractivity contribution < 1.29 is 14.7 Å². The summed E-state index contributed by atoms with van der Waals surface area (Å²) in [6.45, 7) is 1.30. The van der Waals surface area contributed by atoms with E-state index in [-0.39, 0.29) is 11.8 Å². The molecule has 2 amide bonds. The van der Waals surface area contributed by atoms with Gasteiger partial charge in [-0.1, -0.05) is 18.2 Å². The largest absolute Gasteiger partial charge is 0.386 e. The first-order chi connectivity index (χ1) is 12.2. The van der Waals surface area contributed by atoms with Gasteiger partial charge in [-0.05, 0) is 42.7 Å². The highest BCUT2D eigenvalue weighted by atomic mass is 16.3. The van der Waals surface area contributed by atoms with Crippen molar-refractivity contribution >= 4 is 11.8 Å². The average Bonchev–Trinajstić information content (AvgIpc) is 3.21. The third-order valence-electron chi connectivity index (χ3n) is 4.37. The van der Waals surface area contributed by atoms with Crippen LogP contribution in [0.15, 0.2) is 54.9 Å². The minimum absolute atomic E-state index is 0.258. The molecule has 6 nitrogen and oxygen atoms in total. The number of aliphatic hydroxyl groups excluding tert-OH is 1. The van der Waals surface area contributed by atoms with Crippen molar-refractivity contribution in [3.05, 3.63) is 66.0 Å². The molecule has 130 valence electrons. The molecule has 2 heterocycles. The number of hydrogen-bond acceptors (Lipinski definition) is 4. The van der Waals surface area contributed by atoms with E-state index in [2.05, 4.69) is 10.3 Å². The van der Waals surface area contributed by atoms with Crippen LogP contribution < -0.4 is 5.32 Å². The Labute approximate surface area is 146 Å². The van der Waals surface area contributed by atoms with Crippen LogP contribution in [0.4, 0.5) is 0 Å². The standard InChI is InChI=1S/C19H21N3O3/c23-17(14-8-10-20-11-9-14)16(19(25)22-12-4-5-13-22)21-18(24)15-6-2-1-3-7-15/h1-3,6-11,16-17,23H,4-5,12-13H2,(H,21,24). The van der Waals surface area contributed by atoms with E-state index in [1.165, 1.54) is 0 Å². The maximum absolute atomic E-state index is 12.9. The van der Waals surface area contributed by atoms with Gasteiger partial charge in [0.05, 0.1) is 0 Å². The Morgan fingerprint density at radius 3 is 2.32 bits per heavy atom. The zero-order valence-corrected chi connectivity index (χ0v) is 13.8. The molecule has 2 unspecified atom stereocenters. The number of nitrogens with zero attached hydrogens (tertiary/aromatic N) is 2. The molecule has 0 spiro atoms. The van der Waals surface area contributed by atoms with Gasteiger partial charge in [0.2, 0.25) is 5.91 Å². The van der Waals surface area contributed by atoms with Gasteiger partial charge in [0.25, 0.3) is 5.91 Å². The van der Waals surface area contributed by atoms with Crippen molar-refractivity contribution in [2.75, 3.05) is 13.1 Å². The summed E-state index contributed by atoms with van der Waals surface area (Å²) >= 11 is 0. The maximum Gasteiger partial charge on any atom is 0.252 e. The molecule has 1 aromatic heterocycles.